The van der Waals surface area contributed by atoms with Crippen LogP contribution in [0.5, 0.6) is 0 Å². The highest BCUT2D eigenvalue weighted by Gasteiger charge is 2.16. The normalized spacial score (nSPS) is 12.4. The molecule has 154 valence electrons. The van der Waals surface area contributed by atoms with Gasteiger partial charge in [0.25, 0.3) is 5.91 Å². The summed E-state index contributed by atoms with van der Waals surface area (Å²) in [6.07, 6.45) is -0.776. The molecule has 0 spiro atoms. The number of nitrogens with one attached hydrogen (secondary N) is 1. The van der Waals surface area contributed by atoms with E-state index in [4.69, 9.17) is 4.42 Å². The number of carbonyl (C=O) groups is 1. The third kappa shape index (κ3) is 4.97. The third-order valence-corrected chi connectivity index (χ3v) is 6.08. The molecule has 3 rings (SSSR count). The van der Waals surface area contributed by atoms with Crippen molar-refractivity contribution in [3.8, 4) is 0 Å². The average molecular weight is 460 g/mol. The van der Waals surface area contributed by atoms with Crippen molar-refractivity contribution in [1.82, 2.24) is 15.1 Å². The van der Waals surface area contributed by atoms with Gasteiger partial charge in [-0.1, -0.05) is 38.1 Å². The van der Waals surface area contributed by atoms with Crippen molar-refractivity contribution in [3.05, 3.63) is 74.9 Å². The maximum absolute atomic E-state index is 12.4. The van der Waals surface area contributed by atoms with Crippen molar-refractivity contribution < 1.29 is 14.3 Å². The van der Waals surface area contributed by atoms with Crippen LogP contribution < -0.4 is 5.32 Å². The summed E-state index contributed by atoms with van der Waals surface area (Å²) >= 11 is 3.50. The Labute approximate surface area is 179 Å². The predicted octanol–water partition coefficient (Wildman–Crippen LogP) is 4.49. The van der Waals surface area contributed by atoms with Gasteiger partial charge in [0.2, 0.25) is 0 Å². The fourth-order valence-electron chi connectivity index (χ4n) is 3.06. The number of amides is 1. The van der Waals surface area contributed by atoms with Gasteiger partial charge in [0.15, 0.2) is 5.76 Å². The van der Waals surface area contributed by atoms with Gasteiger partial charge >= 0.3 is 0 Å². The number of benzene rings is 1. The Balaban J connectivity index is 1.57. The average Bonchev–Trinajstić information content (AvgIpc) is 3.27. The first-order chi connectivity index (χ1) is 13.8. The van der Waals surface area contributed by atoms with Gasteiger partial charge in [0.1, 0.15) is 5.76 Å². The minimum atomic E-state index is -0.776. The van der Waals surface area contributed by atoms with Crippen LogP contribution in [0.2, 0.25) is 0 Å². The fraction of sp³-hybridized carbons (Fsp3) is 0.364. The molecular weight excluding hydrogens is 434 g/mol. The van der Waals surface area contributed by atoms with E-state index in [0.717, 1.165) is 21.4 Å². The lowest BCUT2D eigenvalue weighted by Crippen LogP contribution is -2.28. The van der Waals surface area contributed by atoms with Crippen LogP contribution in [0.15, 0.2) is 45.3 Å². The van der Waals surface area contributed by atoms with Crippen LogP contribution in [-0.4, -0.2) is 27.3 Å². The molecule has 2 heterocycles. The minimum Gasteiger partial charge on any atom is -0.454 e. The van der Waals surface area contributed by atoms with Crippen LogP contribution in [0.25, 0.3) is 0 Å². The number of aromatic nitrogens is 2. The highest BCUT2D eigenvalue weighted by Crippen LogP contribution is 2.21. The Kier molecular flexibility index (Phi) is 6.59. The molecule has 0 saturated heterocycles. The van der Waals surface area contributed by atoms with Gasteiger partial charge in [-0.3, -0.25) is 9.48 Å². The second kappa shape index (κ2) is 8.97. The van der Waals surface area contributed by atoms with E-state index in [2.05, 4.69) is 40.2 Å². The Morgan fingerprint density at radius 1 is 1.17 bits per heavy atom. The number of furan rings is 1. The van der Waals surface area contributed by atoms with E-state index in [1.54, 1.807) is 12.1 Å². The third-order valence-electron chi connectivity index (χ3n) is 4.93. The largest absolute Gasteiger partial charge is 0.454 e. The standard InChI is InChI=1S/C22H26BrN3O3/c1-13(2)16-5-7-17(8-6-16)19(27)11-24-22(28)20-10-9-18(29-20)12-26-15(4)21(23)14(3)25-26/h5-10,13,19,27H,11-12H2,1-4H3,(H,24,28). The van der Waals surface area contributed by atoms with E-state index in [1.807, 2.05) is 42.8 Å². The highest BCUT2D eigenvalue weighted by molar-refractivity contribution is 9.10. The van der Waals surface area contributed by atoms with E-state index >= 15 is 0 Å². The number of aryl methyl sites for hydroxylation is 1. The zero-order chi connectivity index (χ0) is 21.1. The summed E-state index contributed by atoms with van der Waals surface area (Å²) in [7, 11) is 0. The zero-order valence-corrected chi connectivity index (χ0v) is 18.7. The van der Waals surface area contributed by atoms with E-state index in [1.165, 1.54) is 5.56 Å². The van der Waals surface area contributed by atoms with Crippen LogP contribution in [0, 0.1) is 13.8 Å². The summed E-state index contributed by atoms with van der Waals surface area (Å²) in [5.41, 5.74) is 3.88. The lowest BCUT2D eigenvalue weighted by molar-refractivity contribution is 0.0887. The number of aliphatic hydroxyl groups excluding tert-OH is 1. The maximum Gasteiger partial charge on any atom is 0.287 e. The fourth-order valence-corrected chi connectivity index (χ4v) is 3.34. The van der Waals surface area contributed by atoms with Crippen LogP contribution in [-0.2, 0) is 6.54 Å². The number of nitrogens with zero attached hydrogens (tertiary/aromatic N) is 2. The zero-order valence-electron chi connectivity index (χ0n) is 17.1. The van der Waals surface area contributed by atoms with Gasteiger partial charge in [-0.2, -0.15) is 5.10 Å². The molecule has 7 heteroatoms. The van der Waals surface area contributed by atoms with Gasteiger partial charge < -0.3 is 14.8 Å². The highest BCUT2D eigenvalue weighted by atomic mass is 79.9. The molecule has 1 aromatic carbocycles. The molecule has 0 radical (unpaired) electrons. The van der Waals surface area contributed by atoms with E-state index in [-0.39, 0.29) is 18.2 Å². The monoisotopic (exact) mass is 459 g/mol. The number of carbonyl (C=O) groups excluding carboxylic acids is 1. The van der Waals surface area contributed by atoms with Crippen LogP contribution in [0.3, 0.4) is 0 Å². The number of rotatable bonds is 7. The van der Waals surface area contributed by atoms with Crippen molar-refractivity contribution in [2.45, 2.75) is 46.3 Å². The van der Waals surface area contributed by atoms with Crippen molar-refractivity contribution in [1.29, 1.82) is 0 Å². The van der Waals surface area contributed by atoms with Gasteiger partial charge in [-0.05, 0) is 59.0 Å². The van der Waals surface area contributed by atoms with Gasteiger partial charge in [0.05, 0.1) is 28.5 Å². The Bertz CT molecular complexity index is 989. The van der Waals surface area contributed by atoms with Gasteiger partial charge in [-0.25, -0.2) is 0 Å². The van der Waals surface area contributed by atoms with Gasteiger partial charge in [-0.15, -0.1) is 0 Å². The van der Waals surface area contributed by atoms with E-state index in [0.29, 0.717) is 18.2 Å². The smallest absolute Gasteiger partial charge is 0.287 e. The number of hydrogen-bond donors (Lipinski definition) is 2. The van der Waals surface area contributed by atoms with Gasteiger partial charge in [0, 0.05) is 6.54 Å². The maximum atomic E-state index is 12.4. The first kappa shape index (κ1) is 21.3. The SMILES string of the molecule is Cc1nn(Cc2ccc(C(=O)NCC(O)c3ccc(C(C)C)cc3)o2)c(C)c1Br. The predicted molar refractivity (Wildman–Crippen MR) is 115 cm³/mol. The molecule has 1 atom stereocenters. The Morgan fingerprint density at radius 3 is 2.41 bits per heavy atom. The minimum absolute atomic E-state index is 0.111. The molecule has 3 aromatic rings. The molecule has 0 fully saturated rings. The topological polar surface area (TPSA) is 80.3 Å². The lowest BCUT2D eigenvalue weighted by atomic mass is 10.00. The van der Waals surface area contributed by atoms with E-state index < -0.39 is 6.10 Å². The lowest BCUT2D eigenvalue weighted by Gasteiger charge is -2.13. The van der Waals surface area contributed by atoms with Crippen LogP contribution >= 0.6 is 15.9 Å². The Morgan fingerprint density at radius 2 is 1.83 bits per heavy atom. The molecule has 0 aliphatic carbocycles. The van der Waals surface area contributed by atoms with E-state index in [9.17, 15) is 9.90 Å². The first-order valence-electron chi connectivity index (χ1n) is 9.60. The molecule has 1 amide bonds. The first-order valence-corrected chi connectivity index (χ1v) is 10.4. The molecule has 0 bridgehead atoms. The molecule has 1 unspecified atom stereocenters. The van der Waals surface area contributed by atoms with Crippen molar-refractivity contribution in [3.63, 3.8) is 0 Å². The Hall–Kier alpha value is -2.38. The second-order valence-corrected chi connectivity index (χ2v) is 8.25. The molecule has 6 nitrogen and oxygen atoms in total. The summed E-state index contributed by atoms with van der Waals surface area (Å²) in [6, 6.07) is 11.2. The second-order valence-electron chi connectivity index (χ2n) is 7.46. The molecular formula is C22H26BrN3O3. The molecule has 2 aromatic heterocycles. The van der Waals surface area contributed by atoms with Crippen molar-refractivity contribution in [2.75, 3.05) is 6.54 Å². The molecule has 0 aliphatic heterocycles. The number of hydrogen-bond acceptors (Lipinski definition) is 4. The summed E-state index contributed by atoms with van der Waals surface area (Å²) < 4.78 is 8.46. The van der Waals surface area contributed by atoms with Crippen LogP contribution in [0.4, 0.5) is 0 Å². The molecule has 29 heavy (non-hydrogen) atoms. The number of aliphatic hydroxyl groups is 1. The summed E-state index contributed by atoms with van der Waals surface area (Å²) in [5.74, 6) is 0.925. The molecule has 0 saturated carbocycles. The summed E-state index contributed by atoms with van der Waals surface area (Å²) in [6.45, 7) is 8.69. The molecule has 2 N–H and O–H groups in total. The van der Waals surface area contributed by atoms with Crippen LogP contribution in [0.1, 0.15) is 64.7 Å². The summed E-state index contributed by atoms with van der Waals surface area (Å²) in [5, 5.41) is 17.5. The number of halogens is 1. The summed E-state index contributed by atoms with van der Waals surface area (Å²) in [4.78, 5) is 12.4. The molecule has 0 aliphatic rings. The van der Waals surface area contributed by atoms with Crippen molar-refractivity contribution in [2.24, 2.45) is 0 Å². The quantitative estimate of drug-likeness (QED) is 0.545. The van der Waals surface area contributed by atoms with Crippen molar-refractivity contribution >= 4 is 21.8 Å².